The van der Waals surface area contributed by atoms with Crippen molar-refractivity contribution >= 4 is 29.2 Å². The Hall–Kier alpha value is -1.75. The molecule has 1 aromatic carbocycles. The zero-order valence-corrected chi connectivity index (χ0v) is 11.6. The number of aryl methyl sites for hydroxylation is 1. The van der Waals surface area contributed by atoms with Gasteiger partial charge >= 0.3 is 5.97 Å². The lowest BCUT2D eigenvalue weighted by molar-refractivity contribution is -0.141. The van der Waals surface area contributed by atoms with Crippen LogP contribution in [0.1, 0.15) is 12.5 Å². The van der Waals surface area contributed by atoms with Crippen molar-refractivity contribution in [2.45, 2.75) is 13.8 Å². The standard InChI is InChI=1S/C13H16ClNO4/c1-9-3-4-11(15-13(17)8-14)7-12(9)19-6-5-18-10(2)16/h3-4,7H,5-6,8H2,1-2H3,(H,15,17). The summed E-state index contributed by atoms with van der Waals surface area (Å²) < 4.78 is 10.2. The highest BCUT2D eigenvalue weighted by Gasteiger charge is 2.05. The number of carbonyl (C=O) groups is 2. The van der Waals surface area contributed by atoms with Gasteiger partial charge in [-0.2, -0.15) is 0 Å². The zero-order valence-electron chi connectivity index (χ0n) is 10.9. The van der Waals surface area contributed by atoms with E-state index < -0.39 is 0 Å². The van der Waals surface area contributed by atoms with Gasteiger partial charge in [-0.3, -0.25) is 9.59 Å². The lowest BCUT2D eigenvalue weighted by atomic mass is 10.2. The van der Waals surface area contributed by atoms with E-state index in [0.717, 1.165) is 5.56 Å². The molecule has 1 rings (SSSR count). The number of ether oxygens (including phenoxy) is 2. The first-order valence-corrected chi connectivity index (χ1v) is 6.29. The number of hydrogen-bond donors (Lipinski definition) is 1. The minimum atomic E-state index is -0.344. The molecule has 6 heteroatoms. The van der Waals surface area contributed by atoms with Gasteiger partial charge in [-0.1, -0.05) is 6.07 Å². The second-order valence-electron chi connectivity index (χ2n) is 3.85. The maximum Gasteiger partial charge on any atom is 0.302 e. The Morgan fingerprint density at radius 3 is 2.68 bits per heavy atom. The van der Waals surface area contributed by atoms with Crippen LogP contribution in [0.3, 0.4) is 0 Å². The van der Waals surface area contributed by atoms with Gasteiger partial charge in [-0.05, 0) is 18.6 Å². The van der Waals surface area contributed by atoms with Crippen LogP contribution in [-0.4, -0.2) is 31.0 Å². The maximum atomic E-state index is 11.2. The third-order valence-electron chi connectivity index (χ3n) is 2.24. The van der Waals surface area contributed by atoms with Crippen molar-refractivity contribution in [3.05, 3.63) is 23.8 Å². The van der Waals surface area contributed by atoms with E-state index in [1.807, 2.05) is 13.0 Å². The van der Waals surface area contributed by atoms with E-state index in [-0.39, 0.29) is 31.0 Å². The number of anilines is 1. The van der Waals surface area contributed by atoms with Crippen LogP contribution in [0.15, 0.2) is 18.2 Å². The first-order valence-electron chi connectivity index (χ1n) is 5.75. The average molecular weight is 286 g/mol. The Morgan fingerprint density at radius 1 is 1.32 bits per heavy atom. The number of hydrogen-bond acceptors (Lipinski definition) is 4. The third kappa shape index (κ3) is 5.61. The van der Waals surface area contributed by atoms with Crippen molar-refractivity contribution in [2.24, 2.45) is 0 Å². The van der Waals surface area contributed by atoms with Crippen LogP contribution in [0.4, 0.5) is 5.69 Å². The molecule has 0 radical (unpaired) electrons. The molecule has 5 nitrogen and oxygen atoms in total. The van der Waals surface area contributed by atoms with E-state index in [2.05, 4.69) is 5.32 Å². The Labute approximate surface area is 116 Å². The lowest BCUT2D eigenvalue weighted by Gasteiger charge is -2.11. The molecule has 0 unspecified atom stereocenters. The molecule has 19 heavy (non-hydrogen) atoms. The Kier molecular flexibility index (Phi) is 6.15. The molecule has 0 fully saturated rings. The molecule has 0 saturated carbocycles. The average Bonchev–Trinajstić information content (AvgIpc) is 2.37. The van der Waals surface area contributed by atoms with E-state index in [0.29, 0.717) is 11.4 Å². The molecule has 0 atom stereocenters. The van der Waals surface area contributed by atoms with Gasteiger partial charge in [0.25, 0.3) is 0 Å². The minimum absolute atomic E-state index is 0.101. The minimum Gasteiger partial charge on any atom is -0.490 e. The van der Waals surface area contributed by atoms with E-state index in [9.17, 15) is 9.59 Å². The number of carbonyl (C=O) groups excluding carboxylic acids is 2. The molecule has 1 N–H and O–H groups in total. The molecule has 0 aliphatic carbocycles. The fraction of sp³-hybridized carbons (Fsp3) is 0.385. The van der Waals surface area contributed by atoms with E-state index in [1.165, 1.54) is 6.92 Å². The van der Waals surface area contributed by atoms with Crippen molar-refractivity contribution in [3.63, 3.8) is 0 Å². The third-order valence-corrected chi connectivity index (χ3v) is 2.48. The summed E-state index contributed by atoms with van der Waals surface area (Å²) in [5, 5.41) is 2.63. The first-order chi connectivity index (χ1) is 9.02. The smallest absolute Gasteiger partial charge is 0.302 e. The molecular weight excluding hydrogens is 270 g/mol. The summed E-state index contributed by atoms with van der Waals surface area (Å²) >= 11 is 5.41. The van der Waals surface area contributed by atoms with Crippen molar-refractivity contribution < 1.29 is 19.1 Å². The largest absolute Gasteiger partial charge is 0.490 e. The highest BCUT2D eigenvalue weighted by Crippen LogP contribution is 2.22. The van der Waals surface area contributed by atoms with Crippen LogP contribution in [0.5, 0.6) is 5.75 Å². The quantitative estimate of drug-likeness (QED) is 0.494. The fourth-order valence-electron chi connectivity index (χ4n) is 1.36. The molecule has 0 aromatic heterocycles. The summed E-state index contributed by atoms with van der Waals surface area (Å²) in [5.74, 6) is -0.101. The fourth-order valence-corrected chi connectivity index (χ4v) is 1.43. The molecule has 104 valence electrons. The molecule has 0 heterocycles. The van der Waals surface area contributed by atoms with Gasteiger partial charge in [0.1, 0.15) is 24.8 Å². The monoisotopic (exact) mass is 285 g/mol. The normalized spacial score (nSPS) is 9.84. The van der Waals surface area contributed by atoms with Crippen LogP contribution >= 0.6 is 11.6 Å². The second kappa shape index (κ2) is 7.63. The summed E-state index contributed by atoms with van der Waals surface area (Å²) in [6.07, 6.45) is 0. The number of rotatable bonds is 6. The molecule has 0 aliphatic heterocycles. The highest BCUT2D eigenvalue weighted by molar-refractivity contribution is 6.29. The van der Waals surface area contributed by atoms with Crippen molar-refractivity contribution in [1.29, 1.82) is 0 Å². The number of nitrogens with one attached hydrogen (secondary N) is 1. The molecule has 0 aliphatic rings. The SMILES string of the molecule is CC(=O)OCCOc1cc(NC(=O)CCl)ccc1C. The number of alkyl halides is 1. The van der Waals surface area contributed by atoms with Crippen LogP contribution in [0.25, 0.3) is 0 Å². The number of esters is 1. The van der Waals surface area contributed by atoms with E-state index in [4.69, 9.17) is 21.1 Å². The first kappa shape index (κ1) is 15.3. The van der Waals surface area contributed by atoms with Crippen molar-refractivity contribution in [3.8, 4) is 5.75 Å². The van der Waals surface area contributed by atoms with E-state index in [1.54, 1.807) is 12.1 Å². The number of amides is 1. The molecular formula is C13H16ClNO4. The van der Waals surface area contributed by atoms with Crippen molar-refractivity contribution in [1.82, 2.24) is 0 Å². The van der Waals surface area contributed by atoms with E-state index >= 15 is 0 Å². The zero-order chi connectivity index (χ0) is 14.3. The van der Waals surface area contributed by atoms with Gasteiger partial charge in [0.15, 0.2) is 0 Å². The summed E-state index contributed by atoms with van der Waals surface area (Å²) in [6.45, 7) is 3.67. The highest BCUT2D eigenvalue weighted by atomic mass is 35.5. The van der Waals surface area contributed by atoms with Gasteiger partial charge < -0.3 is 14.8 Å². The number of halogens is 1. The predicted octanol–water partition coefficient (Wildman–Crippen LogP) is 2.11. The predicted molar refractivity (Wildman–Crippen MR) is 72.7 cm³/mol. The summed E-state index contributed by atoms with van der Waals surface area (Å²) in [4.78, 5) is 21.8. The lowest BCUT2D eigenvalue weighted by Crippen LogP contribution is -2.13. The topological polar surface area (TPSA) is 64.6 Å². The van der Waals surface area contributed by atoms with Gasteiger partial charge in [0.05, 0.1) is 0 Å². The summed E-state index contributed by atoms with van der Waals surface area (Å²) in [7, 11) is 0. The van der Waals surface area contributed by atoms with Crippen LogP contribution in [0, 0.1) is 6.92 Å². The van der Waals surface area contributed by atoms with Gasteiger partial charge in [-0.15, -0.1) is 11.6 Å². The molecule has 0 spiro atoms. The molecule has 0 bridgehead atoms. The van der Waals surface area contributed by atoms with Crippen LogP contribution in [0.2, 0.25) is 0 Å². The Morgan fingerprint density at radius 2 is 2.05 bits per heavy atom. The van der Waals surface area contributed by atoms with Crippen LogP contribution in [-0.2, 0) is 14.3 Å². The summed E-state index contributed by atoms with van der Waals surface area (Å²) in [6, 6.07) is 5.29. The van der Waals surface area contributed by atoms with Crippen molar-refractivity contribution in [2.75, 3.05) is 24.4 Å². The van der Waals surface area contributed by atoms with Gasteiger partial charge in [-0.25, -0.2) is 0 Å². The maximum absolute atomic E-state index is 11.2. The summed E-state index contributed by atoms with van der Waals surface area (Å²) in [5.41, 5.74) is 1.53. The Bertz CT molecular complexity index is 462. The van der Waals surface area contributed by atoms with Crippen LogP contribution < -0.4 is 10.1 Å². The Balaban J connectivity index is 2.58. The molecule has 1 aromatic rings. The number of benzene rings is 1. The molecule has 0 saturated heterocycles. The second-order valence-corrected chi connectivity index (χ2v) is 4.12. The van der Waals surface area contributed by atoms with Gasteiger partial charge in [0, 0.05) is 18.7 Å². The van der Waals surface area contributed by atoms with Gasteiger partial charge in [0.2, 0.25) is 5.91 Å². The molecule has 1 amide bonds.